The molecule has 0 spiro atoms. The zero-order chi connectivity index (χ0) is 14.7. The number of nitrogens with zero attached hydrogens (tertiary/aromatic N) is 2. The van der Waals surface area contributed by atoms with Gasteiger partial charge in [-0.05, 0) is 17.2 Å². The van der Waals surface area contributed by atoms with Crippen LogP contribution >= 0.6 is 0 Å². The number of hydrogen-bond donors (Lipinski definition) is 0. The van der Waals surface area contributed by atoms with Crippen molar-refractivity contribution in [3.05, 3.63) is 78.1 Å². The van der Waals surface area contributed by atoms with Crippen LogP contribution in [0, 0.1) is 5.82 Å². The summed E-state index contributed by atoms with van der Waals surface area (Å²) in [5, 5.41) is 0. The van der Waals surface area contributed by atoms with E-state index in [0.717, 1.165) is 11.1 Å². The molecule has 0 aliphatic carbocycles. The van der Waals surface area contributed by atoms with Crippen LogP contribution in [0.25, 0.3) is 11.1 Å². The van der Waals surface area contributed by atoms with E-state index >= 15 is 0 Å². The van der Waals surface area contributed by atoms with Crippen molar-refractivity contribution < 1.29 is 9.18 Å². The number of carbonyl (C=O) groups is 1. The van der Waals surface area contributed by atoms with Gasteiger partial charge in [0.1, 0.15) is 11.5 Å². The molecule has 0 fully saturated rings. The van der Waals surface area contributed by atoms with Crippen LogP contribution in [0.5, 0.6) is 0 Å². The molecule has 0 bridgehead atoms. The van der Waals surface area contributed by atoms with Crippen LogP contribution in [0.2, 0.25) is 0 Å². The first-order valence-corrected chi connectivity index (χ1v) is 6.57. The normalized spacial score (nSPS) is 10.5. The minimum Gasteiger partial charge on any atom is -0.324 e. The molecule has 0 N–H and O–H groups in total. The van der Waals surface area contributed by atoms with Crippen LogP contribution in [0.4, 0.5) is 4.39 Å². The lowest BCUT2D eigenvalue weighted by molar-refractivity contribution is 0.111. The molecule has 1 aromatic heterocycles. The summed E-state index contributed by atoms with van der Waals surface area (Å²) in [6, 6.07) is 14.8. The average Bonchev–Trinajstić information content (AvgIpc) is 2.97. The van der Waals surface area contributed by atoms with Gasteiger partial charge in [-0.3, -0.25) is 4.79 Å². The number of hydrogen-bond acceptors (Lipinski definition) is 2. The summed E-state index contributed by atoms with van der Waals surface area (Å²) in [5.41, 5.74) is 2.76. The smallest absolute Gasteiger partial charge is 0.168 e. The molecule has 0 atom stereocenters. The molecular weight excluding hydrogens is 267 g/mol. The second-order valence-electron chi connectivity index (χ2n) is 4.74. The highest BCUT2D eigenvalue weighted by molar-refractivity contribution is 5.71. The summed E-state index contributed by atoms with van der Waals surface area (Å²) >= 11 is 0. The van der Waals surface area contributed by atoms with E-state index in [9.17, 15) is 9.18 Å². The largest absolute Gasteiger partial charge is 0.324 e. The Bertz CT molecular complexity index is 765. The third kappa shape index (κ3) is 2.74. The molecule has 3 nitrogen and oxygen atoms in total. The predicted octanol–water partition coefficient (Wildman–Crippen LogP) is 3.55. The maximum Gasteiger partial charge on any atom is 0.168 e. The van der Waals surface area contributed by atoms with E-state index in [0.29, 0.717) is 17.5 Å². The number of rotatable bonds is 4. The first-order chi connectivity index (χ1) is 10.3. The highest BCUT2D eigenvalue weighted by atomic mass is 19.1. The molecule has 4 heteroatoms. The predicted molar refractivity (Wildman–Crippen MR) is 78.6 cm³/mol. The Morgan fingerprint density at radius 1 is 1.10 bits per heavy atom. The van der Waals surface area contributed by atoms with Gasteiger partial charge < -0.3 is 4.57 Å². The number of carbonyl (C=O) groups excluding carboxylic acids is 1. The number of aldehydes is 1. The SMILES string of the molecule is O=Cc1cncn1Cc1ccc(-c2ccccc2)cc1F. The van der Waals surface area contributed by atoms with Gasteiger partial charge in [-0.1, -0.05) is 42.5 Å². The Kier molecular flexibility index (Phi) is 3.60. The van der Waals surface area contributed by atoms with Gasteiger partial charge in [-0.15, -0.1) is 0 Å². The minimum absolute atomic E-state index is 0.287. The van der Waals surface area contributed by atoms with Gasteiger partial charge in [0, 0.05) is 5.56 Å². The highest BCUT2D eigenvalue weighted by Crippen LogP contribution is 2.22. The summed E-state index contributed by atoms with van der Waals surface area (Å²) in [7, 11) is 0. The van der Waals surface area contributed by atoms with Crippen molar-refractivity contribution in [3.8, 4) is 11.1 Å². The summed E-state index contributed by atoms with van der Waals surface area (Å²) in [6.07, 6.45) is 3.70. The molecule has 0 aliphatic heterocycles. The van der Waals surface area contributed by atoms with Gasteiger partial charge >= 0.3 is 0 Å². The van der Waals surface area contributed by atoms with Crippen molar-refractivity contribution in [1.82, 2.24) is 9.55 Å². The standard InChI is InChI=1S/C17H13FN2O/c18-17-8-14(13-4-2-1-3-5-13)6-7-15(17)10-20-12-19-9-16(20)11-21/h1-9,11-12H,10H2. The number of aromatic nitrogens is 2. The topological polar surface area (TPSA) is 34.9 Å². The minimum atomic E-state index is -0.290. The van der Waals surface area contributed by atoms with Crippen molar-refractivity contribution in [1.29, 1.82) is 0 Å². The maximum atomic E-state index is 14.2. The molecule has 0 aliphatic rings. The van der Waals surface area contributed by atoms with Crippen LogP contribution in [-0.4, -0.2) is 15.8 Å². The summed E-state index contributed by atoms with van der Waals surface area (Å²) in [5.74, 6) is -0.290. The lowest BCUT2D eigenvalue weighted by Crippen LogP contribution is -2.04. The number of imidazole rings is 1. The number of benzene rings is 2. The van der Waals surface area contributed by atoms with Gasteiger partial charge in [0.05, 0.1) is 19.1 Å². The maximum absolute atomic E-state index is 14.2. The summed E-state index contributed by atoms with van der Waals surface area (Å²) in [6.45, 7) is 0.287. The molecule has 0 unspecified atom stereocenters. The van der Waals surface area contributed by atoms with Crippen molar-refractivity contribution in [2.24, 2.45) is 0 Å². The fraction of sp³-hybridized carbons (Fsp3) is 0.0588. The van der Waals surface area contributed by atoms with Crippen molar-refractivity contribution >= 4 is 6.29 Å². The van der Waals surface area contributed by atoms with Crippen LogP contribution in [0.15, 0.2) is 61.1 Å². The summed E-state index contributed by atoms with van der Waals surface area (Å²) < 4.78 is 15.9. The Hall–Kier alpha value is -2.75. The van der Waals surface area contributed by atoms with Gasteiger partial charge in [0.15, 0.2) is 6.29 Å². The fourth-order valence-corrected chi connectivity index (χ4v) is 2.23. The van der Waals surface area contributed by atoms with Gasteiger partial charge in [0.25, 0.3) is 0 Å². The first-order valence-electron chi connectivity index (χ1n) is 6.57. The highest BCUT2D eigenvalue weighted by Gasteiger charge is 2.08. The molecule has 3 aromatic rings. The van der Waals surface area contributed by atoms with Gasteiger partial charge in [-0.25, -0.2) is 9.37 Å². The van der Waals surface area contributed by atoms with E-state index < -0.39 is 0 Å². The monoisotopic (exact) mass is 280 g/mol. The molecule has 0 saturated heterocycles. The lowest BCUT2D eigenvalue weighted by Gasteiger charge is -2.08. The average molecular weight is 280 g/mol. The summed E-state index contributed by atoms with van der Waals surface area (Å²) in [4.78, 5) is 14.7. The van der Waals surface area contributed by atoms with Crippen molar-refractivity contribution in [3.63, 3.8) is 0 Å². The van der Waals surface area contributed by atoms with Crippen LogP contribution in [0.3, 0.4) is 0 Å². The van der Waals surface area contributed by atoms with Gasteiger partial charge in [-0.2, -0.15) is 0 Å². The second-order valence-corrected chi connectivity index (χ2v) is 4.74. The molecule has 2 aromatic carbocycles. The van der Waals surface area contributed by atoms with Gasteiger partial charge in [0.2, 0.25) is 0 Å². The second kappa shape index (κ2) is 5.71. The third-order valence-corrected chi connectivity index (χ3v) is 3.37. The van der Waals surface area contributed by atoms with E-state index in [1.165, 1.54) is 18.6 Å². The third-order valence-electron chi connectivity index (χ3n) is 3.37. The lowest BCUT2D eigenvalue weighted by atomic mass is 10.0. The van der Waals surface area contributed by atoms with Crippen molar-refractivity contribution in [2.45, 2.75) is 6.54 Å². The van der Waals surface area contributed by atoms with E-state index in [4.69, 9.17) is 0 Å². The Balaban J connectivity index is 1.90. The zero-order valence-electron chi connectivity index (χ0n) is 11.2. The molecule has 104 valence electrons. The zero-order valence-corrected chi connectivity index (χ0v) is 11.2. The van der Waals surface area contributed by atoms with E-state index in [1.54, 1.807) is 10.6 Å². The van der Waals surface area contributed by atoms with Crippen LogP contribution in [-0.2, 0) is 6.54 Å². The molecule has 0 radical (unpaired) electrons. The Morgan fingerprint density at radius 3 is 2.62 bits per heavy atom. The van der Waals surface area contributed by atoms with Crippen LogP contribution in [0.1, 0.15) is 16.1 Å². The van der Waals surface area contributed by atoms with Crippen LogP contribution < -0.4 is 0 Å². The molecule has 0 saturated carbocycles. The Labute approximate surface area is 121 Å². The van der Waals surface area contributed by atoms with E-state index in [-0.39, 0.29) is 12.4 Å². The van der Waals surface area contributed by atoms with E-state index in [2.05, 4.69) is 4.98 Å². The fourth-order valence-electron chi connectivity index (χ4n) is 2.23. The first kappa shape index (κ1) is 13.2. The molecule has 1 heterocycles. The molecule has 0 amide bonds. The Morgan fingerprint density at radius 2 is 1.90 bits per heavy atom. The van der Waals surface area contributed by atoms with E-state index in [1.807, 2.05) is 36.4 Å². The van der Waals surface area contributed by atoms with Crippen molar-refractivity contribution in [2.75, 3.05) is 0 Å². The molecule has 21 heavy (non-hydrogen) atoms. The molecule has 3 rings (SSSR count). The quantitative estimate of drug-likeness (QED) is 0.685. The number of halogens is 1. The molecular formula is C17H13FN2O.